The summed E-state index contributed by atoms with van der Waals surface area (Å²) in [5.74, 6) is 1.09. The van der Waals surface area contributed by atoms with E-state index in [0.717, 1.165) is 33.9 Å². The second-order valence-electron chi connectivity index (χ2n) is 3.44. The van der Waals surface area contributed by atoms with Crippen molar-refractivity contribution in [3.8, 4) is 0 Å². The van der Waals surface area contributed by atoms with Crippen LogP contribution in [0, 0.1) is 0 Å². The minimum absolute atomic E-state index is 0.723. The zero-order valence-corrected chi connectivity index (χ0v) is 10.6. The highest BCUT2D eigenvalue weighted by molar-refractivity contribution is 7.98. The van der Waals surface area contributed by atoms with Crippen molar-refractivity contribution in [2.24, 2.45) is 0 Å². The summed E-state index contributed by atoms with van der Waals surface area (Å²) in [5.41, 5.74) is 2.05. The van der Waals surface area contributed by atoms with E-state index in [4.69, 9.17) is 11.6 Å². The van der Waals surface area contributed by atoms with E-state index in [1.165, 1.54) is 0 Å². The maximum Gasteiger partial charge on any atom is 0.0737 e. The summed E-state index contributed by atoms with van der Waals surface area (Å²) in [6.07, 6.45) is 3.91. The average Bonchev–Trinajstić information content (AvgIpc) is 2.29. The SMILES string of the molecule is CSCCNc1ccnc2cc(Cl)ccc12. The summed E-state index contributed by atoms with van der Waals surface area (Å²) in [5, 5.41) is 5.25. The molecule has 0 aliphatic carbocycles. The number of nitrogens with one attached hydrogen (secondary N) is 1. The fraction of sp³-hybridized carbons (Fsp3) is 0.250. The van der Waals surface area contributed by atoms with Crippen LogP contribution in [0.4, 0.5) is 5.69 Å². The Kier molecular flexibility index (Phi) is 3.91. The second-order valence-corrected chi connectivity index (χ2v) is 4.86. The molecule has 0 saturated carbocycles. The molecule has 2 rings (SSSR count). The van der Waals surface area contributed by atoms with Crippen LogP contribution in [0.3, 0.4) is 0 Å². The number of pyridine rings is 1. The molecule has 0 aliphatic heterocycles. The molecule has 1 aromatic heterocycles. The van der Waals surface area contributed by atoms with Crippen molar-refractivity contribution < 1.29 is 0 Å². The van der Waals surface area contributed by atoms with Gasteiger partial charge in [-0.05, 0) is 30.5 Å². The summed E-state index contributed by atoms with van der Waals surface area (Å²) >= 11 is 7.76. The molecular formula is C12H13ClN2S. The fourth-order valence-electron chi connectivity index (χ4n) is 1.56. The molecule has 0 aliphatic rings. The highest BCUT2D eigenvalue weighted by atomic mass is 35.5. The largest absolute Gasteiger partial charge is 0.384 e. The normalized spacial score (nSPS) is 10.6. The molecule has 0 bridgehead atoms. The quantitative estimate of drug-likeness (QED) is 0.841. The summed E-state index contributed by atoms with van der Waals surface area (Å²) in [4.78, 5) is 4.30. The molecule has 0 amide bonds. The van der Waals surface area contributed by atoms with Crippen molar-refractivity contribution >= 4 is 40.0 Å². The molecule has 0 fully saturated rings. The summed E-state index contributed by atoms with van der Waals surface area (Å²) in [6.45, 7) is 0.961. The van der Waals surface area contributed by atoms with Gasteiger partial charge in [-0.2, -0.15) is 11.8 Å². The Balaban J connectivity index is 2.30. The predicted octanol–water partition coefficient (Wildman–Crippen LogP) is 3.66. The molecule has 1 heterocycles. The second kappa shape index (κ2) is 5.41. The third-order valence-electron chi connectivity index (χ3n) is 2.33. The number of anilines is 1. The zero-order valence-electron chi connectivity index (χ0n) is 9.03. The van der Waals surface area contributed by atoms with Gasteiger partial charge in [-0.3, -0.25) is 4.98 Å². The molecule has 2 nitrogen and oxygen atoms in total. The molecule has 2 aromatic rings. The molecule has 0 saturated heterocycles. The van der Waals surface area contributed by atoms with Gasteiger partial charge in [-0.1, -0.05) is 11.6 Å². The number of nitrogens with zero attached hydrogens (tertiary/aromatic N) is 1. The third-order valence-corrected chi connectivity index (χ3v) is 3.17. The average molecular weight is 253 g/mol. The van der Waals surface area contributed by atoms with Crippen molar-refractivity contribution in [2.45, 2.75) is 0 Å². The van der Waals surface area contributed by atoms with Gasteiger partial charge in [-0.15, -0.1) is 0 Å². The van der Waals surface area contributed by atoms with Gasteiger partial charge < -0.3 is 5.32 Å². The van der Waals surface area contributed by atoms with Crippen LogP contribution in [0.2, 0.25) is 5.02 Å². The lowest BCUT2D eigenvalue weighted by molar-refractivity contribution is 1.23. The number of aromatic nitrogens is 1. The molecule has 0 radical (unpaired) electrons. The van der Waals surface area contributed by atoms with E-state index in [-0.39, 0.29) is 0 Å². The van der Waals surface area contributed by atoms with Gasteiger partial charge in [0.05, 0.1) is 5.52 Å². The van der Waals surface area contributed by atoms with Crippen molar-refractivity contribution in [1.29, 1.82) is 0 Å². The molecule has 1 aromatic carbocycles. The van der Waals surface area contributed by atoms with E-state index in [2.05, 4.69) is 16.6 Å². The van der Waals surface area contributed by atoms with Crippen LogP contribution in [-0.2, 0) is 0 Å². The number of benzene rings is 1. The van der Waals surface area contributed by atoms with Crippen molar-refractivity contribution in [3.05, 3.63) is 35.5 Å². The number of hydrogen-bond donors (Lipinski definition) is 1. The first-order valence-electron chi connectivity index (χ1n) is 5.08. The van der Waals surface area contributed by atoms with Crippen LogP contribution in [-0.4, -0.2) is 23.5 Å². The monoisotopic (exact) mass is 252 g/mol. The van der Waals surface area contributed by atoms with Crippen LogP contribution in [0.5, 0.6) is 0 Å². The number of hydrogen-bond acceptors (Lipinski definition) is 3. The van der Waals surface area contributed by atoms with E-state index in [9.17, 15) is 0 Å². The van der Waals surface area contributed by atoms with Gasteiger partial charge in [0.25, 0.3) is 0 Å². The smallest absolute Gasteiger partial charge is 0.0737 e. The summed E-state index contributed by atoms with van der Waals surface area (Å²) in [7, 11) is 0. The lowest BCUT2D eigenvalue weighted by Gasteiger charge is -2.08. The van der Waals surface area contributed by atoms with Crippen LogP contribution in [0.15, 0.2) is 30.5 Å². The van der Waals surface area contributed by atoms with Crippen LogP contribution < -0.4 is 5.32 Å². The van der Waals surface area contributed by atoms with E-state index in [1.54, 1.807) is 6.20 Å². The van der Waals surface area contributed by atoms with Gasteiger partial charge in [-0.25, -0.2) is 0 Å². The third kappa shape index (κ3) is 2.60. The Morgan fingerprint density at radius 1 is 1.38 bits per heavy atom. The standard InChI is InChI=1S/C12H13ClN2S/c1-16-7-6-15-11-4-5-14-12-8-9(13)2-3-10(11)12/h2-5,8H,6-7H2,1H3,(H,14,15). The highest BCUT2D eigenvalue weighted by Gasteiger charge is 2.01. The van der Waals surface area contributed by atoms with Crippen LogP contribution in [0.1, 0.15) is 0 Å². The van der Waals surface area contributed by atoms with Crippen molar-refractivity contribution in [3.63, 3.8) is 0 Å². The van der Waals surface area contributed by atoms with Gasteiger partial charge >= 0.3 is 0 Å². The van der Waals surface area contributed by atoms with E-state index in [0.29, 0.717) is 0 Å². The number of fused-ring (bicyclic) bond motifs is 1. The van der Waals surface area contributed by atoms with Gasteiger partial charge in [0, 0.05) is 34.6 Å². The highest BCUT2D eigenvalue weighted by Crippen LogP contribution is 2.24. The molecule has 0 atom stereocenters. The van der Waals surface area contributed by atoms with Crippen molar-refractivity contribution in [2.75, 3.05) is 23.9 Å². The maximum atomic E-state index is 5.93. The predicted molar refractivity (Wildman–Crippen MR) is 73.6 cm³/mol. The molecule has 1 N–H and O–H groups in total. The summed E-state index contributed by atoms with van der Waals surface area (Å²) in [6, 6.07) is 7.78. The Bertz CT molecular complexity index is 487. The topological polar surface area (TPSA) is 24.9 Å². The fourth-order valence-corrected chi connectivity index (χ4v) is 2.04. The van der Waals surface area contributed by atoms with Gasteiger partial charge in [0.2, 0.25) is 0 Å². The number of thioether (sulfide) groups is 1. The zero-order chi connectivity index (χ0) is 11.4. The lowest BCUT2D eigenvalue weighted by atomic mass is 10.2. The minimum atomic E-state index is 0.723. The molecule has 4 heteroatoms. The Hall–Kier alpha value is -0.930. The minimum Gasteiger partial charge on any atom is -0.384 e. The first kappa shape index (κ1) is 11.6. The first-order chi connectivity index (χ1) is 7.81. The van der Waals surface area contributed by atoms with Crippen LogP contribution in [0.25, 0.3) is 10.9 Å². The van der Waals surface area contributed by atoms with E-state index >= 15 is 0 Å². The lowest BCUT2D eigenvalue weighted by Crippen LogP contribution is -2.04. The molecule has 0 unspecified atom stereocenters. The molecule has 0 spiro atoms. The summed E-state index contributed by atoms with van der Waals surface area (Å²) < 4.78 is 0. The van der Waals surface area contributed by atoms with Crippen molar-refractivity contribution in [1.82, 2.24) is 4.98 Å². The van der Waals surface area contributed by atoms with E-state index < -0.39 is 0 Å². The van der Waals surface area contributed by atoms with Gasteiger partial charge in [0.1, 0.15) is 0 Å². The molecule has 84 valence electrons. The Labute approximate surface area is 104 Å². The molecular weight excluding hydrogens is 240 g/mol. The Morgan fingerprint density at radius 3 is 3.06 bits per heavy atom. The van der Waals surface area contributed by atoms with Gasteiger partial charge in [0.15, 0.2) is 0 Å². The number of halogens is 1. The maximum absolute atomic E-state index is 5.93. The molecule has 16 heavy (non-hydrogen) atoms. The first-order valence-corrected chi connectivity index (χ1v) is 6.85. The number of rotatable bonds is 4. The Morgan fingerprint density at radius 2 is 2.25 bits per heavy atom. The van der Waals surface area contributed by atoms with E-state index in [1.807, 2.05) is 36.0 Å². The van der Waals surface area contributed by atoms with Crippen LogP contribution >= 0.6 is 23.4 Å².